The maximum atomic E-state index is 11.0. The summed E-state index contributed by atoms with van der Waals surface area (Å²) in [5.41, 5.74) is 14.2. The number of aliphatic hydroxyl groups excluding tert-OH is 1. The van der Waals surface area contributed by atoms with Crippen LogP contribution in [0.5, 0.6) is 0 Å². The molecule has 1 aliphatic rings. The molecular formula is C45H42O3. The van der Waals surface area contributed by atoms with Gasteiger partial charge in [0.15, 0.2) is 0 Å². The lowest BCUT2D eigenvalue weighted by atomic mass is 9.91. The van der Waals surface area contributed by atoms with Gasteiger partial charge in [-0.3, -0.25) is 0 Å². The number of allylic oxidation sites excluding steroid dienone is 4. The van der Waals surface area contributed by atoms with Crippen molar-refractivity contribution in [2.24, 2.45) is 0 Å². The van der Waals surface area contributed by atoms with E-state index >= 15 is 0 Å². The molecule has 0 saturated heterocycles. The van der Waals surface area contributed by atoms with Crippen molar-refractivity contribution in [1.82, 2.24) is 0 Å². The molecule has 48 heavy (non-hydrogen) atoms. The van der Waals surface area contributed by atoms with E-state index in [0.29, 0.717) is 0 Å². The van der Waals surface area contributed by atoms with Gasteiger partial charge < -0.3 is 16.1 Å². The molecule has 0 bridgehead atoms. The van der Waals surface area contributed by atoms with Gasteiger partial charge in [-0.05, 0) is 111 Å². The van der Waals surface area contributed by atoms with E-state index in [0.717, 1.165) is 47.9 Å². The Bertz CT molecular complexity index is 1960. The molecule has 6 aromatic carbocycles. The first-order valence-electron chi connectivity index (χ1n) is 16.2. The average molecular weight is 631 g/mol. The molecule has 0 aromatic heterocycles. The van der Waals surface area contributed by atoms with Crippen molar-refractivity contribution in [3.63, 3.8) is 0 Å². The monoisotopic (exact) mass is 630 g/mol. The summed E-state index contributed by atoms with van der Waals surface area (Å²) in [5, 5.41) is 11.0. The molecule has 0 radical (unpaired) electrons. The Kier molecular flexibility index (Phi) is 11.3. The minimum atomic E-state index is -0.648. The van der Waals surface area contributed by atoms with Gasteiger partial charge in [-0.2, -0.15) is 0 Å². The van der Waals surface area contributed by atoms with E-state index in [9.17, 15) is 5.11 Å². The Labute approximate surface area is 283 Å². The molecule has 0 aliphatic heterocycles. The van der Waals surface area contributed by atoms with Crippen LogP contribution in [0.25, 0.3) is 33.4 Å². The number of hydrogen-bond donors (Lipinski definition) is 1. The van der Waals surface area contributed by atoms with Gasteiger partial charge in [0.25, 0.3) is 0 Å². The molecular weight excluding hydrogens is 588 g/mol. The molecule has 5 N–H and O–H groups in total. The van der Waals surface area contributed by atoms with E-state index in [4.69, 9.17) is 0 Å². The van der Waals surface area contributed by atoms with Crippen molar-refractivity contribution in [2.75, 3.05) is 0 Å². The first-order chi connectivity index (χ1) is 22.7. The largest absolute Gasteiger partial charge is 0.412 e. The molecule has 240 valence electrons. The van der Waals surface area contributed by atoms with Crippen molar-refractivity contribution >= 4 is 0 Å². The summed E-state index contributed by atoms with van der Waals surface area (Å²) in [7, 11) is 0. The summed E-state index contributed by atoms with van der Waals surface area (Å²) in [6.07, 6.45) is 10.4. The number of rotatable bonds is 9. The molecule has 3 heteroatoms. The molecule has 0 saturated carbocycles. The second kappa shape index (κ2) is 16.0. The fourth-order valence-electron chi connectivity index (χ4n) is 6.31. The lowest BCUT2D eigenvalue weighted by Gasteiger charge is -2.14. The SMILES string of the molecule is O.O.OC(c1ccccc1)c1ccc(-c2cc(-c3ccc(CC4=CCCC=C4)cc3)cc(-c3ccc(Cc4ccccc4)cc3)c2)cc1. The van der Waals surface area contributed by atoms with E-state index in [1.54, 1.807) is 0 Å². The zero-order valence-corrected chi connectivity index (χ0v) is 27.0. The predicted molar refractivity (Wildman–Crippen MR) is 200 cm³/mol. The third-order valence-electron chi connectivity index (χ3n) is 8.91. The van der Waals surface area contributed by atoms with Crippen LogP contribution >= 0.6 is 0 Å². The van der Waals surface area contributed by atoms with Gasteiger partial charge in [0, 0.05) is 0 Å². The fraction of sp³-hybridized carbons (Fsp3) is 0.111. The van der Waals surface area contributed by atoms with Crippen LogP contribution < -0.4 is 0 Å². The van der Waals surface area contributed by atoms with E-state index in [2.05, 4.69) is 127 Å². The molecule has 0 fully saturated rings. The summed E-state index contributed by atoms with van der Waals surface area (Å²) >= 11 is 0. The maximum Gasteiger partial charge on any atom is 0.104 e. The molecule has 0 spiro atoms. The van der Waals surface area contributed by atoms with Gasteiger partial charge >= 0.3 is 0 Å². The van der Waals surface area contributed by atoms with Crippen molar-refractivity contribution in [1.29, 1.82) is 0 Å². The zero-order valence-electron chi connectivity index (χ0n) is 27.0. The molecule has 3 nitrogen and oxygen atoms in total. The topological polar surface area (TPSA) is 83.2 Å². The van der Waals surface area contributed by atoms with Crippen molar-refractivity contribution in [3.05, 3.63) is 203 Å². The highest BCUT2D eigenvalue weighted by molar-refractivity contribution is 5.81. The Hall–Kier alpha value is -5.32. The van der Waals surface area contributed by atoms with E-state index in [1.807, 2.05) is 42.5 Å². The summed E-state index contributed by atoms with van der Waals surface area (Å²) in [5.74, 6) is 0. The summed E-state index contributed by atoms with van der Waals surface area (Å²) in [6, 6.07) is 53.7. The Morgan fingerprint density at radius 2 is 0.875 bits per heavy atom. The fourth-order valence-corrected chi connectivity index (χ4v) is 6.31. The van der Waals surface area contributed by atoms with Gasteiger partial charge in [0.2, 0.25) is 0 Å². The molecule has 1 atom stereocenters. The van der Waals surface area contributed by atoms with Crippen molar-refractivity contribution in [3.8, 4) is 33.4 Å². The van der Waals surface area contributed by atoms with Gasteiger partial charge in [-0.1, -0.05) is 152 Å². The van der Waals surface area contributed by atoms with Crippen LogP contribution in [-0.4, -0.2) is 16.1 Å². The highest BCUT2D eigenvalue weighted by atomic mass is 16.3. The first-order valence-corrected chi connectivity index (χ1v) is 16.2. The standard InChI is InChI=1S/C45H38O.2H2O/c46-45(40-14-8-3-9-15-40)41-26-24-39(25-27-41)44-31-42(37-20-16-35(17-21-37)28-33-10-4-1-5-11-33)30-43(32-44)38-22-18-36(19-23-38)29-34-12-6-2-7-13-34;;/h1,3-6,8-27,30-32,45-46H,2,7,28-29H2;2*1H2. The van der Waals surface area contributed by atoms with E-state index in [1.165, 1.54) is 44.5 Å². The summed E-state index contributed by atoms with van der Waals surface area (Å²) < 4.78 is 0. The van der Waals surface area contributed by atoms with Crippen LogP contribution in [-0.2, 0) is 12.8 Å². The van der Waals surface area contributed by atoms with Crippen LogP contribution in [0, 0.1) is 0 Å². The number of benzene rings is 6. The van der Waals surface area contributed by atoms with E-state index < -0.39 is 6.10 Å². The second-order valence-electron chi connectivity index (χ2n) is 12.2. The van der Waals surface area contributed by atoms with E-state index in [-0.39, 0.29) is 11.0 Å². The third kappa shape index (κ3) is 8.14. The zero-order chi connectivity index (χ0) is 31.1. The normalized spacial score (nSPS) is 12.7. The van der Waals surface area contributed by atoms with Crippen molar-refractivity contribution in [2.45, 2.75) is 31.8 Å². The minimum Gasteiger partial charge on any atom is -0.412 e. The Morgan fingerprint density at radius 3 is 1.38 bits per heavy atom. The molecule has 1 aliphatic carbocycles. The third-order valence-corrected chi connectivity index (χ3v) is 8.91. The van der Waals surface area contributed by atoms with Crippen LogP contribution in [0.4, 0.5) is 0 Å². The quantitative estimate of drug-likeness (QED) is 0.170. The van der Waals surface area contributed by atoms with Gasteiger partial charge in [-0.15, -0.1) is 0 Å². The first kappa shape index (κ1) is 34.0. The Balaban J connectivity index is 0.00000225. The van der Waals surface area contributed by atoms with Crippen molar-refractivity contribution < 1.29 is 16.1 Å². The minimum absolute atomic E-state index is 0. The number of hydrogen-bond acceptors (Lipinski definition) is 1. The average Bonchev–Trinajstić information content (AvgIpc) is 3.13. The maximum absolute atomic E-state index is 11.0. The Morgan fingerprint density at radius 1 is 0.438 bits per heavy atom. The van der Waals surface area contributed by atoms with Gasteiger partial charge in [0.05, 0.1) is 0 Å². The lowest BCUT2D eigenvalue weighted by molar-refractivity contribution is 0.220. The lowest BCUT2D eigenvalue weighted by Crippen LogP contribution is -1.99. The highest BCUT2D eigenvalue weighted by Crippen LogP contribution is 2.34. The smallest absolute Gasteiger partial charge is 0.104 e. The number of aliphatic hydroxyl groups is 1. The summed E-state index contributed by atoms with van der Waals surface area (Å²) in [4.78, 5) is 0. The molecule has 7 rings (SSSR count). The molecule has 0 heterocycles. The summed E-state index contributed by atoms with van der Waals surface area (Å²) in [6.45, 7) is 0. The van der Waals surface area contributed by atoms with Crippen LogP contribution in [0.1, 0.15) is 46.8 Å². The molecule has 6 aromatic rings. The van der Waals surface area contributed by atoms with Gasteiger partial charge in [0.1, 0.15) is 6.10 Å². The van der Waals surface area contributed by atoms with Gasteiger partial charge in [-0.25, -0.2) is 0 Å². The second-order valence-corrected chi connectivity index (χ2v) is 12.2. The highest BCUT2D eigenvalue weighted by Gasteiger charge is 2.12. The van der Waals surface area contributed by atoms with Crippen LogP contribution in [0.2, 0.25) is 0 Å². The molecule has 1 unspecified atom stereocenters. The molecule has 0 amide bonds. The van der Waals surface area contributed by atoms with Crippen LogP contribution in [0.15, 0.2) is 175 Å². The van der Waals surface area contributed by atoms with Crippen LogP contribution in [0.3, 0.4) is 0 Å². The predicted octanol–water partition coefficient (Wildman–Crippen LogP) is 9.53.